The van der Waals surface area contributed by atoms with Crippen molar-refractivity contribution in [2.45, 2.75) is 37.8 Å². The Balaban J connectivity index is 1.24. The quantitative estimate of drug-likeness (QED) is 0.407. The highest BCUT2D eigenvalue weighted by Crippen LogP contribution is 2.38. The number of para-hydroxylation sites is 1. The fraction of sp³-hybridized carbons (Fsp3) is 0.379. The second-order valence-corrected chi connectivity index (χ2v) is 10.5. The molecule has 4 aromatic rings. The van der Waals surface area contributed by atoms with E-state index in [-0.39, 0.29) is 0 Å². The van der Waals surface area contributed by atoms with Crippen LogP contribution in [0.5, 0.6) is 11.5 Å². The largest absolute Gasteiger partial charge is 0.457 e. The highest BCUT2D eigenvalue weighted by Gasteiger charge is 2.33. The lowest BCUT2D eigenvalue weighted by Crippen LogP contribution is -3.28. The molecule has 36 heavy (non-hydrogen) atoms. The molecule has 1 aliphatic heterocycles. The molecule has 0 atom stereocenters. The van der Waals surface area contributed by atoms with Crippen molar-refractivity contribution < 1.29 is 14.5 Å². The van der Waals surface area contributed by atoms with Gasteiger partial charge < -0.3 is 24.8 Å². The van der Waals surface area contributed by atoms with Crippen LogP contribution in [0.4, 0.5) is 5.82 Å². The number of nitrogens with zero attached hydrogens (tertiary/aromatic N) is 3. The van der Waals surface area contributed by atoms with E-state index in [4.69, 9.17) is 15.5 Å². The average molecular weight is 485 g/mol. The molecule has 0 bridgehead atoms. The maximum absolute atomic E-state index is 6.41. The van der Waals surface area contributed by atoms with Crippen molar-refractivity contribution >= 4 is 16.9 Å². The number of quaternary nitrogens is 2. The highest BCUT2D eigenvalue weighted by molar-refractivity contribution is 6.00. The van der Waals surface area contributed by atoms with Gasteiger partial charge in [0.2, 0.25) is 0 Å². The summed E-state index contributed by atoms with van der Waals surface area (Å²) in [6, 6.07) is 19.3. The van der Waals surface area contributed by atoms with E-state index < -0.39 is 0 Å². The van der Waals surface area contributed by atoms with Crippen LogP contribution in [0.25, 0.3) is 22.2 Å². The molecule has 186 valence electrons. The summed E-state index contributed by atoms with van der Waals surface area (Å²) in [5, 5.41) is 0.948. The van der Waals surface area contributed by atoms with E-state index in [0.717, 1.165) is 39.7 Å². The number of rotatable bonds is 5. The second kappa shape index (κ2) is 9.91. The molecule has 4 N–H and O–H groups in total. The van der Waals surface area contributed by atoms with Gasteiger partial charge in [0.25, 0.3) is 0 Å². The Labute approximate surface area is 212 Å². The van der Waals surface area contributed by atoms with Gasteiger partial charge in [-0.15, -0.1) is 0 Å². The first-order chi connectivity index (χ1) is 17.7. The van der Waals surface area contributed by atoms with Crippen molar-refractivity contribution in [1.29, 1.82) is 0 Å². The number of nitrogens with two attached hydrogens (primary N) is 1. The summed E-state index contributed by atoms with van der Waals surface area (Å²) in [6.45, 7) is 5.22. The summed E-state index contributed by atoms with van der Waals surface area (Å²) >= 11 is 0. The summed E-state index contributed by atoms with van der Waals surface area (Å²) in [5.74, 6) is 2.18. The van der Waals surface area contributed by atoms with Gasteiger partial charge in [-0.25, -0.2) is 9.97 Å². The molecule has 1 saturated heterocycles. The molecule has 7 nitrogen and oxygen atoms in total. The van der Waals surface area contributed by atoms with Crippen LogP contribution < -0.4 is 20.3 Å². The van der Waals surface area contributed by atoms with E-state index >= 15 is 0 Å². The minimum Gasteiger partial charge on any atom is -0.457 e. The van der Waals surface area contributed by atoms with Crippen LogP contribution in [0.2, 0.25) is 0 Å². The van der Waals surface area contributed by atoms with Crippen LogP contribution in [0.3, 0.4) is 0 Å². The Morgan fingerprint density at radius 1 is 0.861 bits per heavy atom. The number of likely N-dealkylation sites (N-methyl/N-ethyl adjacent to an activating group) is 1. The third-order valence-electron chi connectivity index (χ3n) is 8.20. The molecule has 2 aromatic heterocycles. The van der Waals surface area contributed by atoms with Crippen molar-refractivity contribution in [3.8, 4) is 22.6 Å². The summed E-state index contributed by atoms with van der Waals surface area (Å²) in [4.78, 5) is 12.5. The van der Waals surface area contributed by atoms with Crippen molar-refractivity contribution in [2.75, 3.05) is 39.0 Å². The van der Waals surface area contributed by atoms with E-state index in [9.17, 15) is 0 Å². The summed E-state index contributed by atoms with van der Waals surface area (Å²) < 4.78 is 8.36. The van der Waals surface area contributed by atoms with Gasteiger partial charge in [-0.1, -0.05) is 30.3 Å². The van der Waals surface area contributed by atoms with Crippen LogP contribution in [0.15, 0.2) is 67.1 Å². The predicted octanol–water partition coefficient (Wildman–Crippen LogP) is 2.37. The third-order valence-corrected chi connectivity index (χ3v) is 8.20. The zero-order valence-electron chi connectivity index (χ0n) is 21.0. The molecular weight excluding hydrogens is 448 g/mol. The van der Waals surface area contributed by atoms with Gasteiger partial charge in [-0.05, 0) is 42.7 Å². The summed E-state index contributed by atoms with van der Waals surface area (Å²) in [7, 11) is 2.32. The van der Waals surface area contributed by atoms with Crippen LogP contribution in [-0.2, 0) is 0 Å². The minimum atomic E-state index is 0.449. The number of benzene rings is 2. The molecule has 0 spiro atoms. The molecule has 2 aliphatic rings. The number of anilines is 1. The average Bonchev–Trinajstić information content (AvgIpc) is 3.31. The van der Waals surface area contributed by atoms with E-state index in [1.807, 2.05) is 47.4 Å². The number of nitrogen functional groups attached to an aromatic ring is 1. The normalized spacial score (nSPS) is 24.6. The molecule has 6 rings (SSSR count). The monoisotopic (exact) mass is 484 g/mol. The Morgan fingerprint density at radius 3 is 2.28 bits per heavy atom. The van der Waals surface area contributed by atoms with Crippen LogP contribution in [-0.4, -0.2) is 53.8 Å². The van der Waals surface area contributed by atoms with E-state index in [1.165, 1.54) is 51.9 Å². The van der Waals surface area contributed by atoms with Crippen molar-refractivity contribution in [1.82, 2.24) is 14.5 Å². The first-order valence-electron chi connectivity index (χ1n) is 13.3. The second-order valence-electron chi connectivity index (χ2n) is 10.5. The summed E-state index contributed by atoms with van der Waals surface area (Å²) in [6.07, 6.45) is 8.78. The van der Waals surface area contributed by atoms with Gasteiger partial charge in [-0.2, -0.15) is 0 Å². The fourth-order valence-electron chi connectivity index (χ4n) is 6.10. The molecule has 7 heteroatoms. The number of fused-ring (bicyclic) bond motifs is 1. The first kappa shape index (κ1) is 23.0. The lowest BCUT2D eigenvalue weighted by Gasteiger charge is -2.37. The Hall–Kier alpha value is -3.42. The molecule has 2 fully saturated rings. The van der Waals surface area contributed by atoms with Crippen LogP contribution in [0.1, 0.15) is 31.7 Å². The maximum Gasteiger partial charge on any atom is 0.146 e. The van der Waals surface area contributed by atoms with Crippen molar-refractivity contribution in [3.05, 3.63) is 67.1 Å². The number of hydrogen-bond donors (Lipinski definition) is 3. The Bertz CT molecular complexity index is 1300. The lowest BCUT2D eigenvalue weighted by atomic mass is 9.89. The third kappa shape index (κ3) is 4.56. The van der Waals surface area contributed by atoms with Gasteiger partial charge in [-0.3, -0.25) is 0 Å². The first-order valence-corrected chi connectivity index (χ1v) is 13.3. The van der Waals surface area contributed by atoms with Gasteiger partial charge in [0, 0.05) is 30.6 Å². The molecule has 1 aliphatic carbocycles. The maximum atomic E-state index is 6.41. The topological polar surface area (TPSA) is 74.8 Å². The zero-order valence-corrected chi connectivity index (χ0v) is 21.0. The Morgan fingerprint density at radius 2 is 1.56 bits per heavy atom. The number of piperazine rings is 1. The Kier molecular flexibility index (Phi) is 6.34. The smallest absolute Gasteiger partial charge is 0.146 e. The molecule has 0 amide bonds. The van der Waals surface area contributed by atoms with Crippen LogP contribution in [0, 0.1) is 0 Å². The molecular formula is C29H36N6O+2. The van der Waals surface area contributed by atoms with Gasteiger partial charge in [0.05, 0.1) is 18.5 Å². The van der Waals surface area contributed by atoms with E-state index in [2.05, 4.69) is 34.9 Å². The molecule has 0 unspecified atom stereocenters. The number of nitrogens with one attached hydrogen (secondary N) is 2. The SMILES string of the molecule is C[NH+]1CC[NH+](C2CCC(n3cc(-c4ccc(Oc5ccccc5)cc4)c4c(N)ncnc43)CC2)CC1. The molecule has 2 aromatic carbocycles. The van der Waals surface area contributed by atoms with Gasteiger partial charge in [0.15, 0.2) is 0 Å². The molecule has 0 radical (unpaired) electrons. The number of aromatic nitrogens is 3. The fourth-order valence-corrected chi connectivity index (χ4v) is 6.10. The van der Waals surface area contributed by atoms with E-state index in [1.54, 1.807) is 11.2 Å². The zero-order chi connectivity index (χ0) is 24.5. The van der Waals surface area contributed by atoms with E-state index in [0.29, 0.717) is 11.9 Å². The predicted molar refractivity (Wildman–Crippen MR) is 143 cm³/mol. The standard InChI is InChI=1S/C29H34N6O/c1-33-15-17-34(18-16-33)22-9-11-23(12-10-22)35-19-26(27-28(30)31-20-32-29(27)35)21-7-13-25(14-8-21)36-24-5-3-2-4-6-24/h2-8,13-14,19-20,22-23H,9-12,15-18H2,1H3,(H2,30,31,32)/p+2. The highest BCUT2D eigenvalue weighted by atomic mass is 16.5. The van der Waals surface area contributed by atoms with Gasteiger partial charge >= 0.3 is 0 Å². The molecule has 1 saturated carbocycles. The van der Waals surface area contributed by atoms with Crippen LogP contribution >= 0.6 is 0 Å². The summed E-state index contributed by atoms with van der Waals surface area (Å²) in [5.41, 5.74) is 9.53. The number of ether oxygens (including phenoxy) is 1. The van der Waals surface area contributed by atoms with Gasteiger partial charge in [0.1, 0.15) is 55.5 Å². The minimum absolute atomic E-state index is 0.449. The lowest BCUT2D eigenvalue weighted by molar-refractivity contribution is -1.02. The molecule has 3 heterocycles. The number of hydrogen-bond acceptors (Lipinski definition) is 4. The van der Waals surface area contributed by atoms with Crippen molar-refractivity contribution in [2.24, 2.45) is 0 Å². The van der Waals surface area contributed by atoms with Crippen molar-refractivity contribution in [3.63, 3.8) is 0 Å².